The molecule has 1 saturated carbocycles. The lowest BCUT2D eigenvalue weighted by molar-refractivity contribution is -0.139. The van der Waals surface area contributed by atoms with Gasteiger partial charge in [0.25, 0.3) is 0 Å². The van der Waals surface area contributed by atoms with Gasteiger partial charge < -0.3 is 25.1 Å². The molecule has 1 aromatic heterocycles. The van der Waals surface area contributed by atoms with E-state index in [1.807, 2.05) is 31.7 Å². The summed E-state index contributed by atoms with van der Waals surface area (Å²) in [5, 5.41) is 17.5. The average Bonchev–Trinajstić information content (AvgIpc) is 3.04. The highest BCUT2D eigenvalue weighted by atomic mass is 16.3. The van der Waals surface area contributed by atoms with Gasteiger partial charge >= 0.3 is 0 Å². The van der Waals surface area contributed by atoms with Crippen LogP contribution < -0.4 is 10.6 Å². The number of aryl methyl sites for hydroxylation is 2. The quantitative estimate of drug-likeness (QED) is 0.426. The molecule has 1 aliphatic heterocycles. The highest BCUT2D eigenvalue weighted by Gasteiger charge is 2.31. The number of nitrogens with one attached hydrogen (secondary N) is 2. The smallest absolute Gasteiger partial charge is 0.225 e. The van der Waals surface area contributed by atoms with Crippen LogP contribution in [0.4, 0.5) is 0 Å². The van der Waals surface area contributed by atoms with Gasteiger partial charge in [-0.2, -0.15) is 0 Å². The Kier molecular flexibility index (Phi) is 8.00. The molecule has 3 rings (SSSR count). The number of carbonyl (C=O) groups is 1. The van der Waals surface area contributed by atoms with Gasteiger partial charge in [0, 0.05) is 57.3 Å². The van der Waals surface area contributed by atoms with Crippen molar-refractivity contribution in [3.63, 3.8) is 0 Å². The second-order valence-electron chi connectivity index (χ2n) is 9.02. The number of nitrogens with zero attached hydrogens (tertiary/aromatic N) is 3. The predicted octanol–water partition coefficient (Wildman–Crippen LogP) is 1.60. The Morgan fingerprint density at radius 1 is 1.26 bits per heavy atom. The summed E-state index contributed by atoms with van der Waals surface area (Å²) < 4.78 is 5.56. The number of aliphatic imine (C=N–C) groups is 1. The van der Waals surface area contributed by atoms with Gasteiger partial charge in [-0.15, -0.1) is 0 Å². The zero-order valence-corrected chi connectivity index (χ0v) is 19.5. The van der Waals surface area contributed by atoms with Crippen molar-refractivity contribution in [3.8, 4) is 0 Å². The van der Waals surface area contributed by atoms with E-state index in [4.69, 9.17) is 4.42 Å². The van der Waals surface area contributed by atoms with E-state index in [1.54, 1.807) is 6.92 Å². The van der Waals surface area contributed by atoms with Crippen LogP contribution in [-0.2, 0) is 10.4 Å². The molecule has 2 aliphatic rings. The van der Waals surface area contributed by atoms with Crippen molar-refractivity contribution < 1.29 is 14.3 Å². The second kappa shape index (κ2) is 10.5. The summed E-state index contributed by atoms with van der Waals surface area (Å²) in [6.07, 6.45) is 3.35. The minimum Gasteiger partial charge on any atom is -0.466 e. The Balaban J connectivity index is 1.44. The molecule has 1 saturated heterocycles. The predicted molar refractivity (Wildman–Crippen MR) is 122 cm³/mol. The number of guanidine groups is 1. The standard InChI is InChI=1S/C23H39N5O3/c1-5-24-22(26-16-23(4,30)20-15-17(2)31-18(20)3)25-9-10-27-11-13-28(14-12-27)21(29)19-7-6-8-19/h15,19,30H,5-14,16H2,1-4H3,(H2,24,25,26). The molecule has 1 unspecified atom stereocenters. The molecule has 1 amide bonds. The molecule has 1 aliphatic carbocycles. The monoisotopic (exact) mass is 433 g/mol. The first kappa shape index (κ1) is 23.6. The van der Waals surface area contributed by atoms with Gasteiger partial charge in [0.1, 0.15) is 17.1 Å². The molecule has 174 valence electrons. The Bertz CT molecular complexity index is 761. The zero-order valence-electron chi connectivity index (χ0n) is 19.5. The topological polar surface area (TPSA) is 93.3 Å². The number of hydrogen-bond donors (Lipinski definition) is 3. The number of amides is 1. The van der Waals surface area contributed by atoms with E-state index in [1.165, 1.54) is 6.42 Å². The summed E-state index contributed by atoms with van der Waals surface area (Å²) in [6.45, 7) is 13.7. The molecule has 2 fully saturated rings. The third kappa shape index (κ3) is 6.23. The zero-order chi connectivity index (χ0) is 22.4. The van der Waals surface area contributed by atoms with Crippen LogP contribution in [0.3, 0.4) is 0 Å². The molecule has 1 atom stereocenters. The number of hydrogen-bond acceptors (Lipinski definition) is 5. The molecule has 3 N–H and O–H groups in total. The molecule has 0 bridgehead atoms. The summed E-state index contributed by atoms with van der Waals surface area (Å²) in [5.74, 6) is 2.86. The Hall–Kier alpha value is -2.06. The molecule has 1 aromatic rings. The summed E-state index contributed by atoms with van der Waals surface area (Å²) in [4.78, 5) is 21.4. The lowest BCUT2D eigenvalue weighted by atomic mass is 9.84. The van der Waals surface area contributed by atoms with Crippen LogP contribution in [0.2, 0.25) is 0 Å². The number of rotatable bonds is 8. The maximum absolute atomic E-state index is 12.4. The van der Waals surface area contributed by atoms with Crippen LogP contribution in [0.25, 0.3) is 0 Å². The van der Waals surface area contributed by atoms with Crippen molar-refractivity contribution in [2.75, 3.05) is 52.4 Å². The van der Waals surface area contributed by atoms with E-state index in [0.29, 0.717) is 17.8 Å². The first-order chi connectivity index (χ1) is 14.8. The summed E-state index contributed by atoms with van der Waals surface area (Å²) >= 11 is 0. The fraction of sp³-hybridized carbons (Fsp3) is 0.739. The van der Waals surface area contributed by atoms with Gasteiger partial charge in [-0.1, -0.05) is 6.42 Å². The van der Waals surface area contributed by atoms with Crippen LogP contribution in [0, 0.1) is 19.8 Å². The second-order valence-corrected chi connectivity index (χ2v) is 9.02. The van der Waals surface area contributed by atoms with Gasteiger partial charge in [-0.3, -0.25) is 9.69 Å². The first-order valence-electron chi connectivity index (χ1n) is 11.6. The van der Waals surface area contributed by atoms with E-state index >= 15 is 0 Å². The number of carbonyl (C=O) groups excluding carboxylic acids is 1. The molecule has 2 heterocycles. The number of piperazine rings is 1. The Morgan fingerprint density at radius 3 is 2.52 bits per heavy atom. The maximum atomic E-state index is 12.4. The van der Waals surface area contributed by atoms with E-state index < -0.39 is 5.60 Å². The van der Waals surface area contributed by atoms with Crippen LogP contribution in [0.5, 0.6) is 0 Å². The maximum Gasteiger partial charge on any atom is 0.225 e. The van der Waals surface area contributed by atoms with Crippen molar-refractivity contribution in [1.82, 2.24) is 20.4 Å². The molecular weight excluding hydrogens is 394 g/mol. The van der Waals surface area contributed by atoms with E-state index in [2.05, 4.69) is 20.5 Å². The Morgan fingerprint density at radius 2 is 1.97 bits per heavy atom. The minimum atomic E-state index is -1.09. The largest absolute Gasteiger partial charge is 0.466 e. The van der Waals surface area contributed by atoms with Crippen molar-refractivity contribution in [3.05, 3.63) is 23.2 Å². The molecule has 0 spiro atoms. The lowest BCUT2D eigenvalue weighted by Crippen LogP contribution is -2.52. The van der Waals surface area contributed by atoms with E-state index in [0.717, 1.165) is 75.7 Å². The van der Waals surface area contributed by atoms with Gasteiger partial charge in [0.05, 0.1) is 6.54 Å². The lowest BCUT2D eigenvalue weighted by Gasteiger charge is -2.38. The minimum absolute atomic E-state index is 0.240. The SMILES string of the molecule is CCNC(=NCC(C)(O)c1cc(C)oc1C)NCCN1CCN(C(=O)C2CCC2)CC1. The van der Waals surface area contributed by atoms with Crippen LogP contribution in [0.15, 0.2) is 15.5 Å². The van der Waals surface area contributed by atoms with Gasteiger partial charge in [0.15, 0.2) is 5.96 Å². The molecular formula is C23H39N5O3. The first-order valence-corrected chi connectivity index (χ1v) is 11.6. The number of furan rings is 1. The van der Waals surface area contributed by atoms with Crippen molar-refractivity contribution in [2.45, 2.75) is 52.6 Å². The molecule has 0 aromatic carbocycles. The van der Waals surface area contributed by atoms with E-state index in [9.17, 15) is 9.90 Å². The van der Waals surface area contributed by atoms with Crippen molar-refractivity contribution in [1.29, 1.82) is 0 Å². The van der Waals surface area contributed by atoms with Gasteiger partial charge in [0.2, 0.25) is 5.91 Å². The molecule has 31 heavy (non-hydrogen) atoms. The molecule has 8 heteroatoms. The fourth-order valence-corrected chi connectivity index (χ4v) is 4.26. The van der Waals surface area contributed by atoms with Crippen molar-refractivity contribution in [2.24, 2.45) is 10.9 Å². The average molecular weight is 434 g/mol. The molecule has 8 nitrogen and oxygen atoms in total. The van der Waals surface area contributed by atoms with Crippen LogP contribution in [0.1, 0.15) is 50.2 Å². The summed E-state index contributed by atoms with van der Waals surface area (Å²) in [5.41, 5.74) is -0.313. The van der Waals surface area contributed by atoms with Gasteiger partial charge in [-0.25, -0.2) is 4.99 Å². The van der Waals surface area contributed by atoms with Gasteiger partial charge in [-0.05, 0) is 46.6 Å². The Labute approximate surface area is 186 Å². The van der Waals surface area contributed by atoms with Crippen LogP contribution in [-0.4, -0.2) is 79.1 Å². The van der Waals surface area contributed by atoms with E-state index in [-0.39, 0.29) is 6.54 Å². The number of aliphatic hydroxyl groups is 1. The normalized spacial score (nSPS) is 20.3. The third-order valence-corrected chi connectivity index (χ3v) is 6.37. The highest BCUT2D eigenvalue weighted by molar-refractivity contribution is 5.80. The fourth-order valence-electron chi connectivity index (χ4n) is 4.26. The summed E-state index contributed by atoms with van der Waals surface area (Å²) in [7, 11) is 0. The molecule has 0 radical (unpaired) electrons. The summed E-state index contributed by atoms with van der Waals surface area (Å²) in [6, 6.07) is 1.88. The van der Waals surface area contributed by atoms with Crippen LogP contribution >= 0.6 is 0 Å². The van der Waals surface area contributed by atoms with Crippen molar-refractivity contribution >= 4 is 11.9 Å². The highest BCUT2D eigenvalue weighted by Crippen LogP contribution is 2.29. The third-order valence-electron chi connectivity index (χ3n) is 6.37.